The fourth-order valence-corrected chi connectivity index (χ4v) is 2.28. The molecule has 98 valence electrons. The first-order valence-electron chi connectivity index (χ1n) is 6.32. The number of rotatable bonds is 5. The van der Waals surface area contributed by atoms with E-state index in [-0.39, 0.29) is 5.91 Å². The average Bonchev–Trinajstić information content (AvgIpc) is 3.13. The van der Waals surface area contributed by atoms with Crippen LogP contribution < -0.4 is 11.1 Å². The van der Waals surface area contributed by atoms with Gasteiger partial charge in [0.1, 0.15) is 0 Å². The Morgan fingerprint density at radius 2 is 2.28 bits per heavy atom. The molecule has 0 bridgehead atoms. The second kappa shape index (κ2) is 5.29. The Kier molecular flexibility index (Phi) is 3.93. The van der Waals surface area contributed by atoms with Crippen LogP contribution in [0.25, 0.3) is 0 Å². The average molecular weight is 267 g/mol. The summed E-state index contributed by atoms with van der Waals surface area (Å²) < 4.78 is 0. The number of nitrogens with one attached hydrogen (secondary N) is 1. The third-order valence-electron chi connectivity index (χ3n) is 3.50. The van der Waals surface area contributed by atoms with Gasteiger partial charge in [0.15, 0.2) is 0 Å². The summed E-state index contributed by atoms with van der Waals surface area (Å²) in [7, 11) is 0. The van der Waals surface area contributed by atoms with Gasteiger partial charge in [-0.15, -0.1) is 0 Å². The molecule has 1 amide bonds. The van der Waals surface area contributed by atoms with Gasteiger partial charge in [-0.1, -0.05) is 23.7 Å². The van der Waals surface area contributed by atoms with E-state index in [1.807, 2.05) is 31.2 Å². The maximum absolute atomic E-state index is 11.9. The van der Waals surface area contributed by atoms with Crippen LogP contribution in [0.4, 0.5) is 0 Å². The molecule has 1 saturated carbocycles. The van der Waals surface area contributed by atoms with Crippen molar-refractivity contribution in [2.45, 2.75) is 31.7 Å². The number of carbonyl (C=O) groups is 1. The van der Waals surface area contributed by atoms with Gasteiger partial charge in [0.25, 0.3) is 0 Å². The summed E-state index contributed by atoms with van der Waals surface area (Å²) >= 11 is 5.90. The lowest BCUT2D eigenvalue weighted by atomic mass is 9.96. The SMILES string of the molecule is CC(N)(C(=O)NCCc1cccc(Cl)c1)C1CC1. The summed E-state index contributed by atoms with van der Waals surface area (Å²) in [5, 5.41) is 3.63. The van der Waals surface area contributed by atoms with Crippen LogP contribution in [-0.4, -0.2) is 18.0 Å². The first-order chi connectivity index (χ1) is 8.50. The van der Waals surface area contributed by atoms with Gasteiger partial charge in [0, 0.05) is 11.6 Å². The molecule has 4 heteroatoms. The normalized spacial score (nSPS) is 18.2. The largest absolute Gasteiger partial charge is 0.354 e. The maximum Gasteiger partial charge on any atom is 0.240 e. The molecule has 1 fully saturated rings. The second-order valence-electron chi connectivity index (χ2n) is 5.19. The van der Waals surface area contributed by atoms with Crippen LogP contribution in [0.5, 0.6) is 0 Å². The number of halogens is 1. The zero-order valence-electron chi connectivity index (χ0n) is 10.6. The van der Waals surface area contributed by atoms with E-state index in [9.17, 15) is 4.79 Å². The Balaban J connectivity index is 1.80. The standard InChI is InChI=1S/C14H19ClN2O/c1-14(16,11-5-6-11)13(18)17-8-7-10-3-2-4-12(15)9-10/h2-4,9,11H,5-8,16H2,1H3,(H,17,18). The van der Waals surface area contributed by atoms with Gasteiger partial charge in [0.2, 0.25) is 5.91 Å². The molecule has 1 aromatic rings. The Morgan fingerprint density at radius 3 is 2.89 bits per heavy atom. The Hall–Kier alpha value is -1.06. The predicted octanol–water partition coefficient (Wildman–Crippen LogP) is 2.13. The van der Waals surface area contributed by atoms with Crippen LogP contribution in [0.15, 0.2) is 24.3 Å². The Morgan fingerprint density at radius 1 is 1.56 bits per heavy atom. The molecule has 0 saturated heterocycles. The zero-order chi connectivity index (χ0) is 13.2. The highest BCUT2D eigenvalue weighted by molar-refractivity contribution is 6.30. The molecular formula is C14H19ClN2O. The van der Waals surface area contributed by atoms with Crippen molar-refractivity contribution in [1.82, 2.24) is 5.32 Å². The molecule has 1 unspecified atom stereocenters. The van der Waals surface area contributed by atoms with Gasteiger partial charge in [0.05, 0.1) is 5.54 Å². The molecule has 1 aliphatic carbocycles. The number of amides is 1. The van der Waals surface area contributed by atoms with Gasteiger partial charge >= 0.3 is 0 Å². The third kappa shape index (κ3) is 3.24. The predicted molar refractivity (Wildman–Crippen MR) is 73.5 cm³/mol. The van der Waals surface area contributed by atoms with Crippen LogP contribution in [-0.2, 0) is 11.2 Å². The minimum Gasteiger partial charge on any atom is -0.354 e. The molecule has 0 spiro atoms. The number of carbonyl (C=O) groups excluding carboxylic acids is 1. The summed E-state index contributed by atoms with van der Waals surface area (Å²) in [6.45, 7) is 2.41. The van der Waals surface area contributed by atoms with E-state index in [1.165, 1.54) is 0 Å². The van der Waals surface area contributed by atoms with Gasteiger partial charge in [-0.05, 0) is 49.8 Å². The summed E-state index contributed by atoms with van der Waals surface area (Å²) in [4.78, 5) is 11.9. The van der Waals surface area contributed by atoms with E-state index in [4.69, 9.17) is 17.3 Å². The highest BCUT2D eigenvalue weighted by atomic mass is 35.5. The molecule has 1 aliphatic rings. The topological polar surface area (TPSA) is 55.1 Å². The molecular weight excluding hydrogens is 248 g/mol. The molecule has 2 rings (SSSR count). The zero-order valence-corrected chi connectivity index (χ0v) is 11.3. The van der Waals surface area contributed by atoms with Gasteiger partial charge in [-0.3, -0.25) is 4.79 Å². The molecule has 1 atom stereocenters. The van der Waals surface area contributed by atoms with Crippen LogP contribution in [0.2, 0.25) is 5.02 Å². The fraction of sp³-hybridized carbons (Fsp3) is 0.500. The van der Waals surface area contributed by atoms with Crippen molar-refractivity contribution in [1.29, 1.82) is 0 Å². The fourth-order valence-electron chi connectivity index (χ4n) is 2.07. The lowest BCUT2D eigenvalue weighted by Crippen LogP contribution is -2.53. The Bertz CT molecular complexity index is 441. The third-order valence-corrected chi connectivity index (χ3v) is 3.74. The van der Waals surface area contributed by atoms with Crippen LogP contribution >= 0.6 is 11.6 Å². The molecule has 1 aromatic carbocycles. The minimum atomic E-state index is -0.714. The molecule has 3 nitrogen and oxygen atoms in total. The summed E-state index contributed by atoms with van der Waals surface area (Å²) in [6, 6.07) is 7.67. The van der Waals surface area contributed by atoms with E-state index in [1.54, 1.807) is 0 Å². The van der Waals surface area contributed by atoms with Crippen LogP contribution in [0.3, 0.4) is 0 Å². The van der Waals surface area contributed by atoms with Crippen molar-refractivity contribution in [3.63, 3.8) is 0 Å². The minimum absolute atomic E-state index is 0.0490. The molecule has 0 aliphatic heterocycles. The molecule has 0 radical (unpaired) electrons. The van der Waals surface area contributed by atoms with Crippen LogP contribution in [0, 0.1) is 5.92 Å². The van der Waals surface area contributed by atoms with Crippen molar-refractivity contribution >= 4 is 17.5 Å². The monoisotopic (exact) mass is 266 g/mol. The van der Waals surface area contributed by atoms with Gasteiger partial charge in [-0.25, -0.2) is 0 Å². The number of hydrogen-bond donors (Lipinski definition) is 2. The lowest BCUT2D eigenvalue weighted by Gasteiger charge is -2.23. The van der Waals surface area contributed by atoms with E-state index in [0.29, 0.717) is 12.5 Å². The van der Waals surface area contributed by atoms with Gasteiger partial charge < -0.3 is 11.1 Å². The van der Waals surface area contributed by atoms with E-state index >= 15 is 0 Å². The second-order valence-corrected chi connectivity index (χ2v) is 5.63. The lowest BCUT2D eigenvalue weighted by molar-refractivity contribution is -0.126. The van der Waals surface area contributed by atoms with E-state index in [0.717, 1.165) is 29.8 Å². The first kappa shape index (κ1) is 13.4. The number of hydrogen-bond acceptors (Lipinski definition) is 2. The Labute approximate surface area is 113 Å². The smallest absolute Gasteiger partial charge is 0.240 e. The highest BCUT2D eigenvalue weighted by Crippen LogP contribution is 2.38. The van der Waals surface area contributed by atoms with Crippen molar-refractivity contribution in [2.75, 3.05) is 6.54 Å². The maximum atomic E-state index is 11.9. The summed E-state index contributed by atoms with van der Waals surface area (Å²) in [6.07, 6.45) is 2.90. The van der Waals surface area contributed by atoms with Crippen LogP contribution in [0.1, 0.15) is 25.3 Å². The van der Waals surface area contributed by atoms with Gasteiger partial charge in [-0.2, -0.15) is 0 Å². The summed E-state index contributed by atoms with van der Waals surface area (Å²) in [5.41, 5.74) is 6.44. The van der Waals surface area contributed by atoms with Crippen molar-refractivity contribution < 1.29 is 4.79 Å². The molecule has 18 heavy (non-hydrogen) atoms. The van der Waals surface area contributed by atoms with E-state index < -0.39 is 5.54 Å². The number of nitrogens with two attached hydrogens (primary N) is 1. The number of benzene rings is 1. The molecule has 0 aromatic heterocycles. The highest BCUT2D eigenvalue weighted by Gasteiger charge is 2.43. The molecule has 3 N–H and O–H groups in total. The van der Waals surface area contributed by atoms with Crippen molar-refractivity contribution in [3.8, 4) is 0 Å². The first-order valence-corrected chi connectivity index (χ1v) is 6.69. The van der Waals surface area contributed by atoms with E-state index in [2.05, 4.69) is 5.32 Å². The van der Waals surface area contributed by atoms with Crippen molar-refractivity contribution in [2.24, 2.45) is 11.7 Å². The summed E-state index contributed by atoms with van der Waals surface area (Å²) in [5.74, 6) is 0.302. The van der Waals surface area contributed by atoms with Crippen molar-refractivity contribution in [3.05, 3.63) is 34.9 Å². The molecule has 0 heterocycles. The quantitative estimate of drug-likeness (QED) is 0.858.